The lowest BCUT2D eigenvalue weighted by Gasteiger charge is -2.30. The molecule has 1 aromatic rings. The molecule has 1 aromatic carbocycles. The molecule has 0 amide bonds. The van der Waals surface area contributed by atoms with Crippen LogP contribution in [0, 0.1) is 11.6 Å². The molecule has 0 bridgehead atoms. The van der Waals surface area contributed by atoms with Crippen molar-refractivity contribution < 1.29 is 8.78 Å². The van der Waals surface area contributed by atoms with Crippen molar-refractivity contribution in [3.05, 3.63) is 35.4 Å². The van der Waals surface area contributed by atoms with Gasteiger partial charge in [0.1, 0.15) is 11.6 Å². The van der Waals surface area contributed by atoms with Crippen LogP contribution in [0.5, 0.6) is 0 Å². The molecule has 1 aliphatic rings. The summed E-state index contributed by atoms with van der Waals surface area (Å²) in [4.78, 5) is 0. The van der Waals surface area contributed by atoms with Crippen LogP contribution < -0.4 is 5.32 Å². The lowest BCUT2D eigenvalue weighted by Crippen LogP contribution is -2.41. The van der Waals surface area contributed by atoms with Gasteiger partial charge in [-0.15, -0.1) is 0 Å². The first-order chi connectivity index (χ1) is 9.22. The molecule has 0 saturated carbocycles. The van der Waals surface area contributed by atoms with Crippen LogP contribution in [-0.4, -0.2) is 23.6 Å². The zero-order valence-corrected chi connectivity index (χ0v) is 12.1. The summed E-state index contributed by atoms with van der Waals surface area (Å²) in [6.45, 7) is 2.87. The molecule has 0 radical (unpaired) electrons. The lowest BCUT2D eigenvalue weighted by molar-refractivity contribution is 0.451. The molecule has 0 spiro atoms. The predicted octanol–water partition coefficient (Wildman–Crippen LogP) is 3.77. The third kappa shape index (κ3) is 3.93. The number of hydrogen-bond acceptors (Lipinski definition) is 2. The Morgan fingerprint density at radius 1 is 1.32 bits per heavy atom. The number of thioether (sulfide) groups is 1. The largest absolute Gasteiger partial charge is 0.313 e. The van der Waals surface area contributed by atoms with Gasteiger partial charge in [-0.3, -0.25) is 0 Å². The summed E-state index contributed by atoms with van der Waals surface area (Å²) >= 11 is 1.93. The minimum atomic E-state index is -0.427. The highest BCUT2D eigenvalue weighted by atomic mass is 32.2. The molecule has 2 unspecified atom stereocenters. The molecule has 0 aromatic heterocycles. The summed E-state index contributed by atoms with van der Waals surface area (Å²) in [5, 5.41) is 3.87. The Morgan fingerprint density at radius 3 is 2.63 bits per heavy atom. The average Bonchev–Trinajstić information content (AvgIpc) is 2.43. The Labute approximate surface area is 118 Å². The monoisotopic (exact) mass is 285 g/mol. The van der Waals surface area contributed by atoms with Gasteiger partial charge < -0.3 is 5.32 Å². The molecular formula is C15H21F2NS. The summed E-state index contributed by atoms with van der Waals surface area (Å²) in [6.07, 6.45) is 4.05. The van der Waals surface area contributed by atoms with Crippen LogP contribution >= 0.6 is 11.8 Å². The summed E-state index contributed by atoms with van der Waals surface area (Å²) in [5.74, 6) is 0.305. The molecule has 2 rings (SSSR count). The number of hydrogen-bond donors (Lipinski definition) is 1. The van der Waals surface area contributed by atoms with Crippen LogP contribution in [0.2, 0.25) is 0 Å². The number of benzene rings is 1. The van der Waals surface area contributed by atoms with Crippen LogP contribution in [0.25, 0.3) is 0 Å². The summed E-state index contributed by atoms with van der Waals surface area (Å²) in [5.41, 5.74) is 0.222. The predicted molar refractivity (Wildman–Crippen MR) is 77.6 cm³/mol. The van der Waals surface area contributed by atoms with Crippen LogP contribution in [-0.2, 0) is 6.42 Å². The molecule has 2 atom stereocenters. The van der Waals surface area contributed by atoms with Crippen LogP contribution in [0.15, 0.2) is 18.2 Å². The lowest BCUT2D eigenvalue weighted by atomic mass is 9.98. The summed E-state index contributed by atoms with van der Waals surface area (Å²) in [6, 6.07) is 4.26. The van der Waals surface area contributed by atoms with E-state index < -0.39 is 11.6 Å². The van der Waals surface area contributed by atoms with Crippen molar-refractivity contribution in [3.8, 4) is 0 Å². The van der Waals surface area contributed by atoms with Crippen molar-refractivity contribution in [1.82, 2.24) is 5.32 Å². The van der Waals surface area contributed by atoms with Crippen molar-refractivity contribution in [2.45, 2.75) is 43.9 Å². The standard InChI is InChI=1S/C15H21F2NS/c1-2-18-14(15-8-3-4-9-19-15)10-11-12(16)6-5-7-13(11)17/h5-7,14-15,18H,2-4,8-10H2,1H3. The second kappa shape index (κ2) is 7.25. The maximum absolute atomic E-state index is 13.7. The smallest absolute Gasteiger partial charge is 0.129 e. The molecule has 1 N–H and O–H groups in total. The van der Waals surface area contributed by atoms with Gasteiger partial charge in [-0.25, -0.2) is 8.78 Å². The Balaban J connectivity index is 2.11. The molecule has 1 aliphatic heterocycles. The molecule has 4 heteroatoms. The maximum Gasteiger partial charge on any atom is 0.129 e. The maximum atomic E-state index is 13.7. The van der Waals surface area contributed by atoms with E-state index in [2.05, 4.69) is 5.32 Å². The number of halogens is 2. The van der Waals surface area contributed by atoms with Crippen molar-refractivity contribution in [2.75, 3.05) is 12.3 Å². The molecular weight excluding hydrogens is 264 g/mol. The molecule has 19 heavy (non-hydrogen) atoms. The number of likely N-dealkylation sites (N-methyl/N-ethyl adjacent to an activating group) is 1. The number of nitrogens with one attached hydrogen (secondary N) is 1. The summed E-state index contributed by atoms with van der Waals surface area (Å²) in [7, 11) is 0. The van der Waals surface area contributed by atoms with Gasteiger partial charge in [0.25, 0.3) is 0 Å². The Hall–Kier alpha value is -0.610. The fraction of sp³-hybridized carbons (Fsp3) is 0.600. The van der Waals surface area contributed by atoms with Gasteiger partial charge in [-0.1, -0.05) is 19.4 Å². The zero-order chi connectivity index (χ0) is 13.7. The van der Waals surface area contributed by atoms with E-state index in [-0.39, 0.29) is 11.6 Å². The van der Waals surface area contributed by atoms with Crippen molar-refractivity contribution in [2.24, 2.45) is 0 Å². The first kappa shape index (κ1) is 14.8. The van der Waals surface area contributed by atoms with Gasteiger partial charge in [-0.05, 0) is 43.7 Å². The molecule has 1 heterocycles. The minimum absolute atomic E-state index is 0.154. The zero-order valence-electron chi connectivity index (χ0n) is 11.3. The van der Waals surface area contributed by atoms with Gasteiger partial charge in [0.15, 0.2) is 0 Å². The highest BCUT2D eigenvalue weighted by Gasteiger charge is 2.25. The van der Waals surface area contributed by atoms with E-state index in [9.17, 15) is 8.78 Å². The average molecular weight is 285 g/mol. The number of rotatable bonds is 5. The highest BCUT2D eigenvalue weighted by Crippen LogP contribution is 2.29. The minimum Gasteiger partial charge on any atom is -0.313 e. The van der Waals surface area contributed by atoms with E-state index in [1.807, 2.05) is 18.7 Å². The van der Waals surface area contributed by atoms with Crippen molar-refractivity contribution >= 4 is 11.8 Å². The fourth-order valence-corrected chi connectivity index (χ4v) is 4.06. The summed E-state index contributed by atoms with van der Waals surface area (Å²) < 4.78 is 27.5. The first-order valence-electron chi connectivity index (χ1n) is 7.00. The molecule has 0 aliphatic carbocycles. The van der Waals surface area contributed by atoms with Gasteiger partial charge in [0.2, 0.25) is 0 Å². The normalized spacial score (nSPS) is 21.3. The van der Waals surface area contributed by atoms with Gasteiger partial charge in [0.05, 0.1) is 0 Å². The Bertz CT molecular complexity index is 385. The van der Waals surface area contributed by atoms with Gasteiger partial charge >= 0.3 is 0 Å². The quantitative estimate of drug-likeness (QED) is 0.884. The van der Waals surface area contributed by atoms with E-state index in [4.69, 9.17) is 0 Å². The van der Waals surface area contributed by atoms with E-state index >= 15 is 0 Å². The van der Waals surface area contributed by atoms with E-state index in [0.29, 0.717) is 11.7 Å². The first-order valence-corrected chi connectivity index (χ1v) is 8.05. The highest BCUT2D eigenvalue weighted by molar-refractivity contribution is 8.00. The second-order valence-corrected chi connectivity index (χ2v) is 6.32. The van der Waals surface area contributed by atoms with Gasteiger partial charge in [0, 0.05) is 16.9 Å². The van der Waals surface area contributed by atoms with Crippen LogP contribution in [0.3, 0.4) is 0 Å². The third-order valence-electron chi connectivity index (χ3n) is 3.62. The molecule has 1 nitrogen and oxygen atoms in total. The van der Waals surface area contributed by atoms with Crippen LogP contribution in [0.4, 0.5) is 8.78 Å². The Morgan fingerprint density at radius 2 is 2.05 bits per heavy atom. The molecule has 1 saturated heterocycles. The molecule has 106 valence electrons. The molecule has 1 fully saturated rings. The Kier molecular flexibility index (Phi) is 5.64. The fourth-order valence-electron chi connectivity index (χ4n) is 2.63. The van der Waals surface area contributed by atoms with E-state index in [0.717, 1.165) is 18.7 Å². The van der Waals surface area contributed by atoms with E-state index in [1.165, 1.54) is 31.0 Å². The van der Waals surface area contributed by atoms with Crippen molar-refractivity contribution in [3.63, 3.8) is 0 Å². The van der Waals surface area contributed by atoms with E-state index in [1.54, 1.807) is 0 Å². The third-order valence-corrected chi connectivity index (χ3v) is 5.13. The van der Waals surface area contributed by atoms with Crippen molar-refractivity contribution in [1.29, 1.82) is 0 Å². The van der Waals surface area contributed by atoms with Crippen LogP contribution in [0.1, 0.15) is 31.7 Å². The topological polar surface area (TPSA) is 12.0 Å². The SMILES string of the molecule is CCNC(Cc1c(F)cccc1F)C1CCCCS1. The second-order valence-electron chi connectivity index (χ2n) is 4.97. The van der Waals surface area contributed by atoms with Gasteiger partial charge in [-0.2, -0.15) is 11.8 Å².